The Balaban J connectivity index is -0.0000000450. The normalized spacial score (nSPS) is 5.83. The summed E-state index contributed by atoms with van der Waals surface area (Å²) < 4.78 is 8.52. The van der Waals surface area contributed by atoms with Crippen molar-refractivity contribution < 1.29 is 95.3 Å². The van der Waals surface area contributed by atoms with Crippen LogP contribution in [0.1, 0.15) is 0 Å². The van der Waals surface area contributed by atoms with Gasteiger partial charge in [-0.1, -0.05) is 8.25 Å². The van der Waals surface area contributed by atoms with Crippen LogP contribution in [0, 0.1) is 0 Å². The van der Waals surface area contributed by atoms with Gasteiger partial charge in [0.05, 0.1) is 0 Å². The third-order valence-electron chi connectivity index (χ3n) is 0. The van der Waals surface area contributed by atoms with E-state index in [0.29, 0.717) is 0 Å². The van der Waals surface area contributed by atoms with E-state index in [0.717, 1.165) is 0 Å². The maximum Gasteiger partial charge on any atom is 1.00 e. The molecule has 3 nitrogen and oxygen atoms in total. The van der Waals surface area contributed by atoms with Gasteiger partial charge in [0.2, 0.25) is 0 Å². The van der Waals surface area contributed by atoms with Crippen molar-refractivity contribution >= 4 is 8.25 Å². The smallest absolute Gasteiger partial charge is 0.813 e. The molecule has 0 aromatic carbocycles. The van der Waals surface area contributed by atoms with Crippen LogP contribution < -0.4 is 90.7 Å². The van der Waals surface area contributed by atoms with Gasteiger partial charge in [-0.15, -0.1) is 0 Å². The summed E-state index contributed by atoms with van der Waals surface area (Å²) in [5.74, 6) is 0. The van der Waals surface area contributed by atoms with Gasteiger partial charge in [0.15, 0.2) is 0 Å². The van der Waals surface area contributed by atoms with E-state index < -0.39 is 8.25 Å². The molecule has 0 heterocycles. The predicted octanol–water partition coefficient (Wildman–Crippen LogP) is -7.90. The number of hydrogen-bond acceptors (Lipinski definition) is 3. The molecule has 0 N–H and O–H groups in total. The van der Waals surface area contributed by atoms with Gasteiger partial charge in [-0.25, -0.2) is 0 Å². The first-order chi connectivity index (χ1) is 1.73. The second-order valence-corrected chi connectivity index (χ2v) is 0.750. The SMILES string of the molecule is O=[PH]([O-])[O-].[K+].[Na+]. The third kappa shape index (κ3) is 29.3. The molecule has 6 heteroatoms. The van der Waals surface area contributed by atoms with Crippen molar-refractivity contribution in [1.29, 1.82) is 0 Å². The van der Waals surface area contributed by atoms with Crippen molar-refractivity contribution in [3.05, 3.63) is 0 Å². The van der Waals surface area contributed by atoms with E-state index in [2.05, 4.69) is 0 Å². The Hall–Kier alpha value is 2.79. The summed E-state index contributed by atoms with van der Waals surface area (Å²) in [5.41, 5.74) is 0. The minimum Gasteiger partial charge on any atom is -0.813 e. The van der Waals surface area contributed by atoms with Crippen LogP contribution in [0.2, 0.25) is 0 Å². The minimum atomic E-state index is -3.63. The fraction of sp³-hybridized carbons (Fsp3) is 0. The van der Waals surface area contributed by atoms with Gasteiger partial charge in [-0.3, -0.25) is 0 Å². The molecule has 0 rings (SSSR count). The summed E-state index contributed by atoms with van der Waals surface area (Å²) in [6, 6.07) is 0. The maximum absolute atomic E-state index is 8.52. The van der Waals surface area contributed by atoms with Crippen LogP contribution in [-0.2, 0) is 4.57 Å². The molecule has 0 radical (unpaired) electrons. The molecule has 0 aromatic rings. The van der Waals surface area contributed by atoms with Crippen molar-refractivity contribution in [2.45, 2.75) is 0 Å². The molecule has 0 aliphatic carbocycles. The molecule has 0 fully saturated rings. The molecule has 0 bridgehead atoms. The molecule has 0 atom stereocenters. The predicted molar refractivity (Wildman–Crippen MR) is 9.00 cm³/mol. The second-order valence-electron chi connectivity index (χ2n) is 0.250. The molecule has 0 aromatic heterocycles. The Labute approximate surface area is 101 Å². The van der Waals surface area contributed by atoms with Gasteiger partial charge in [0, 0.05) is 0 Å². The molecule has 0 spiro atoms. The number of hydrogen-bond donors (Lipinski definition) is 0. The Morgan fingerprint density at radius 1 is 1.33 bits per heavy atom. The zero-order valence-electron chi connectivity index (χ0n) is 3.72. The van der Waals surface area contributed by atoms with E-state index in [9.17, 15) is 0 Å². The molecular weight excluding hydrogens is 141 g/mol. The Morgan fingerprint density at radius 2 is 1.33 bits per heavy atom. The molecule has 0 aliphatic heterocycles. The van der Waals surface area contributed by atoms with E-state index in [1.165, 1.54) is 0 Å². The van der Waals surface area contributed by atoms with Gasteiger partial charge in [-0.05, 0) is 0 Å². The van der Waals surface area contributed by atoms with E-state index in [4.69, 9.17) is 14.4 Å². The Bertz CT molecular complexity index is 33.8. The Kier molecular flexibility index (Phi) is 28.4. The van der Waals surface area contributed by atoms with Crippen molar-refractivity contribution in [2.75, 3.05) is 0 Å². The molecule has 6 heavy (non-hydrogen) atoms. The zero-order chi connectivity index (χ0) is 3.58. The van der Waals surface area contributed by atoms with Crippen LogP contribution in [0.3, 0.4) is 0 Å². The van der Waals surface area contributed by atoms with E-state index >= 15 is 0 Å². The first kappa shape index (κ1) is 15.9. The topological polar surface area (TPSA) is 63.2 Å². The number of rotatable bonds is 0. The van der Waals surface area contributed by atoms with E-state index in [1.54, 1.807) is 0 Å². The monoisotopic (exact) mass is 142 g/mol. The first-order valence-electron chi connectivity index (χ1n) is 0.612. The quantitative estimate of drug-likeness (QED) is 0.249. The van der Waals surface area contributed by atoms with Gasteiger partial charge in [-0.2, -0.15) is 0 Å². The van der Waals surface area contributed by atoms with E-state index in [1.807, 2.05) is 0 Å². The molecule has 0 amide bonds. The maximum atomic E-state index is 8.52. The average Bonchev–Trinajstić information content (AvgIpc) is 0.811. The van der Waals surface area contributed by atoms with Crippen LogP contribution >= 0.6 is 8.25 Å². The molecule has 0 saturated heterocycles. The molecule has 0 aliphatic rings. The first-order valence-corrected chi connectivity index (χ1v) is 1.84. The second kappa shape index (κ2) is 10.7. The summed E-state index contributed by atoms with van der Waals surface area (Å²) in [5, 5.41) is 0. The van der Waals surface area contributed by atoms with Crippen LogP contribution in [0.15, 0.2) is 0 Å². The fourth-order valence-corrected chi connectivity index (χ4v) is 0. The van der Waals surface area contributed by atoms with Crippen molar-refractivity contribution in [2.24, 2.45) is 0 Å². The molecule has 0 saturated carbocycles. The summed E-state index contributed by atoms with van der Waals surface area (Å²) in [7, 11) is -3.63. The van der Waals surface area contributed by atoms with Crippen molar-refractivity contribution in [1.82, 2.24) is 0 Å². The third-order valence-corrected chi connectivity index (χ3v) is 0. The van der Waals surface area contributed by atoms with Crippen LogP contribution in [0.5, 0.6) is 0 Å². The standard InChI is InChI=1S/K.Na.H3O3P/c;;1-4(2)3/h;;4H,(H2,1,2,3)/q2*+1;/p-2. The minimum absolute atomic E-state index is 0. The summed E-state index contributed by atoms with van der Waals surface area (Å²) in [4.78, 5) is 17.0. The van der Waals surface area contributed by atoms with Crippen molar-refractivity contribution in [3.8, 4) is 0 Å². The Morgan fingerprint density at radius 3 is 1.33 bits per heavy atom. The van der Waals surface area contributed by atoms with Crippen molar-refractivity contribution in [3.63, 3.8) is 0 Å². The van der Waals surface area contributed by atoms with Crippen LogP contribution in [-0.4, -0.2) is 0 Å². The summed E-state index contributed by atoms with van der Waals surface area (Å²) >= 11 is 0. The van der Waals surface area contributed by atoms with Crippen LogP contribution in [0.4, 0.5) is 0 Å². The zero-order valence-corrected chi connectivity index (χ0v) is 9.85. The average molecular weight is 142 g/mol. The molecule has 0 unspecified atom stereocenters. The van der Waals surface area contributed by atoms with Gasteiger partial charge < -0.3 is 14.4 Å². The largest absolute Gasteiger partial charge is 1.00 e. The molecule has 26 valence electrons. The molecular formula is HKNaO3P. The van der Waals surface area contributed by atoms with E-state index in [-0.39, 0.29) is 80.9 Å². The van der Waals surface area contributed by atoms with Gasteiger partial charge in [0.25, 0.3) is 0 Å². The van der Waals surface area contributed by atoms with Crippen LogP contribution in [0.25, 0.3) is 0 Å². The van der Waals surface area contributed by atoms with Gasteiger partial charge >= 0.3 is 80.9 Å². The summed E-state index contributed by atoms with van der Waals surface area (Å²) in [6.07, 6.45) is 0. The fourth-order valence-electron chi connectivity index (χ4n) is 0. The summed E-state index contributed by atoms with van der Waals surface area (Å²) in [6.45, 7) is 0. The van der Waals surface area contributed by atoms with Gasteiger partial charge in [0.1, 0.15) is 0 Å².